The Bertz CT molecular complexity index is 1270. The summed E-state index contributed by atoms with van der Waals surface area (Å²) in [4.78, 5) is 38.7. The lowest BCUT2D eigenvalue weighted by Crippen LogP contribution is -2.20. The van der Waals surface area contributed by atoms with Crippen molar-refractivity contribution in [3.05, 3.63) is 71.3 Å². The molecule has 0 saturated heterocycles. The highest BCUT2D eigenvalue weighted by Crippen LogP contribution is 2.18. The molecule has 8 nitrogen and oxygen atoms in total. The number of pyridine rings is 3. The van der Waals surface area contributed by atoms with Crippen LogP contribution in [-0.4, -0.2) is 33.4 Å². The number of aromatic nitrogens is 3. The smallest absolute Gasteiger partial charge is 0.275 e. The zero-order chi connectivity index (χ0) is 27.9. The van der Waals surface area contributed by atoms with E-state index in [9.17, 15) is 9.59 Å². The first-order valence-corrected chi connectivity index (χ1v) is 13.2. The van der Waals surface area contributed by atoms with Crippen LogP contribution in [-0.2, 0) is 0 Å². The Morgan fingerprint density at radius 2 is 1.23 bits per heavy atom. The van der Waals surface area contributed by atoms with Gasteiger partial charge in [0.15, 0.2) is 0 Å². The van der Waals surface area contributed by atoms with Gasteiger partial charge in [-0.05, 0) is 30.7 Å². The maximum absolute atomic E-state index is 13.0. The molecule has 0 aliphatic carbocycles. The standard InChI is InChI=1S/C31H33N5O3/c1-4-7-8-9-10-11-12-13-20-39-25-21-26(30(37)35-28-18-14-16-23(5-2)32-28)34-27(22-25)31(38)36-29-19-15-17-24(6-3)33-29/h2-3,14-19,21-22H,4,7-13,20H2,1H3,(H,32,35,37)(H,33,36,38). The quantitative estimate of drug-likeness (QED) is 0.203. The molecule has 0 radical (unpaired) electrons. The first-order chi connectivity index (χ1) is 19.0. The molecular formula is C31H33N5O3. The second-order valence-electron chi connectivity index (χ2n) is 8.91. The highest BCUT2D eigenvalue weighted by atomic mass is 16.5. The largest absolute Gasteiger partial charge is 0.493 e. The van der Waals surface area contributed by atoms with Crippen LogP contribution in [0.3, 0.4) is 0 Å². The molecule has 2 amide bonds. The molecule has 3 heterocycles. The Morgan fingerprint density at radius 3 is 1.72 bits per heavy atom. The van der Waals surface area contributed by atoms with Gasteiger partial charge in [-0.3, -0.25) is 9.59 Å². The normalized spacial score (nSPS) is 10.2. The summed E-state index contributed by atoms with van der Waals surface area (Å²) in [7, 11) is 0. The highest BCUT2D eigenvalue weighted by molar-refractivity contribution is 6.06. The number of rotatable bonds is 14. The Kier molecular flexibility index (Phi) is 11.5. The predicted molar refractivity (Wildman–Crippen MR) is 153 cm³/mol. The van der Waals surface area contributed by atoms with Crippen LogP contribution in [0.2, 0.25) is 0 Å². The fraction of sp³-hybridized carbons (Fsp3) is 0.323. The predicted octanol–water partition coefficient (Wildman–Crippen LogP) is 5.86. The van der Waals surface area contributed by atoms with Gasteiger partial charge in [0.1, 0.15) is 40.2 Å². The van der Waals surface area contributed by atoms with Gasteiger partial charge in [-0.15, -0.1) is 12.8 Å². The summed E-state index contributed by atoms with van der Waals surface area (Å²) < 4.78 is 5.92. The van der Waals surface area contributed by atoms with Crippen molar-refractivity contribution in [2.24, 2.45) is 0 Å². The van der Waals surface area contributed by atoms with Crippen molar-refractivity contribution in [1.29, 1.82) is 0 Å². The van der Waals surface area contributed by atoms with E-state index in [0.29, 0.717) is 23.7 Å². The van der Waals surface area contributed by atoms with Crippen molar-refractivity contribution in [1.82, 2.24) is 15.0 Å². The number of nitrogens with zero attached hydrogens (tertiary/aromatic N) is 3. The third-order valence-corrected chi connectivity index (χ3v) is 5.81. The molecule has 0 spiro atoms. The van der Waals surface area contributed by atoms with Crippen LogP contribution >= 0.6 is 0 Å². The molecule has 0 aromatic carbocycles. The van der Waals surface area contributed by atoms with Crippen LogP contribution < -0.4 is 15.4 Å². The average molecular weight is 524 g/mol. The Labute approximate surface area is 230 Å². The third-order valence-electron chi connectivity index (χ3n) is 5.81. The molecule has 3 aromatic heterocycles. The lowest BCUT2D eigenvalue weighted by atomic mass is 10.1. The summed E-state index contributed by atoms with van der Waals surface area (Å²) >= 11 is 0. The molecule has 0 bridgehead atoms. The van der Waals surface area contributed by atoms with Crippen LogP contribution in [0, 0.1) is 24.7 Å². The van der Waals surface area contributed by atoms with E-state index in [1.165, 1.54) is 44.2 Å². The van der Waals surface area contributed by atoms with Gasteiger partial charge in [-0.1, -0.05) is 75.8 Å². The van der Waals surface area contributed by atoms with Crippen molar-refractivity contribution in [2.75, 3.05) is 17.2 Å². The van der Waals surface area contributed by atoms with E-state index in [0.717, 1.165) is 19.3 Å². The minimum Gasteiger partial charge on any atom is -0.493 e. The molecular weight excluding hydrogens is 490 g/mol. The second-order valence-corrected chi connectivity index (χ2v) is 8.91. The number of nitrogens with one attached hydrogen (secondary N) is 2. The van der Waals surface area contributed by atoms with Crippen molar-refractivity contribution in [3.63, 3.8) is 0 Å². The number of hydrogen-bond acceptors (Lipinski definition) is 6. The number of amides is 2. The summed E-state index contributed by atoms with van der Waals surface area (Å²) in [6.45, 7) is 2.67. The summed E-state index contributed by atoms with van der Waals surface area (Å²) in [5.41, 5.74) is 0.744. The molecule has 8 heteroatoms. The molecule has 0 aliphatic rings. The topological polar surface area (TPSA) is 106 Å². The lowest BCUT2D eigenvalue weighted by molar-refractivity contribution is 0.101. The summed E-state index contributed by atoms with van der Waals surface area (Å²) in [6.07, 6.45) is 20.2. The number of ether oxygens (including phenoxy) is 1. The molecule has 0 saturated carbocycles. The molecule has 0 unspecified atom stereocenters. The van der Waals surface area contributed by atoms with Crippen molar-refractivity contribution >= 4 is 23.5 Å². The van der Waals surface area contributed by atoms with Crippen molar-refractivity contribution in [2.45, 2.75) is 58.3 Å². The van der Waals surface area contributed by atoms with Gasteiger partial charge in [0, 0.05) is 12.1 Å². The zero-order valence-electron chi connectivity index (χ0n) is 22.2. The molecule has 39 heavy (non-hydrogen) atoms. The van der Waals surface area contributed by atoms with Gasteiger partial charge in [0.25, 0.3) is 11.8 Å². The molecule has 3 rings (SSSR count). The molecule has 3 aromatic rings. The minimum atomic E-state index is -0.560. The van der Waals surface area contributed by atoms with Crippen molar-refractivity contribution < 1.29 is 14.3 Å². The molecule has 200 valence electrons. The van der Waals surface area contributed by atoms with Gasteiger partial charge in [0.2, 0.25) is 0 Å². The fourth-order valence-corrected chi connectivity index (χ4v) is 3.78. The van der Waals surface area contributed by atoms with Crippen LogP contribution in [0.1, 0.15) is 90.7 Å². The second kappa shape index (κ2) is 15.5. The van der Waals surface area contributed by atoms with Gasteiger partial charge < -0.3 is 15.4 Å². The molecule has 0 atom stereocenters. The van der Waals surface area contributed by atoms with E-state index in [1.54, 1.807) is 36.4 Å². The number of anilines is 2. The van der Waals surface area contributed by atoms with E-state index in [4.69, 9.17) is 17.6 Å². The first kappa shape index (κ1) is 28.9. The van der Waals surface area contributed by atoms with Crippen molar-refractivity contribution in [3.8, 4) is 30.4 Å². The van der Waals surface area contributed by atoms with E-state index in [-0.39, 0.29) is 23.0 Å². The Morgan fingerprint density at radius 1 is 0.744 bits per heavy atom. The summed E-state index contributed by atoms with van der Waals surface area (Å²) in [5.74, 6) is 4.63. The van der Waals surface area contributed by atoms with E-state index in [2.05, 4.69) is 44.4 Å². The van der Waals surface area contributed by atoms with Gasteiger partial charge >= 0.3 is 0 Å². The lowest BCUT2D eigenvalue weighted by Gasteiger charge is -2.11. The van der Waals surface area contributed by atoms with E-state index in [1.807, 2.05) is 0 Å². The minimum absolute atomic E-state index is 0.00757. The number of hydrogen-bond donors (Lipinski definition) is 2. The van der Waals surface area contributed by atoms with Gasteiger partial charge in [-0.25, -0.2) is 15.0 Å². The van der Waals surface area contributed by atoms with Crippen LogP contribution in [0.25, 0.3) is 0 Å². The van der Waals surface area contributed by atoms with Crippen LogP contribution in [0.4, 0.5) is 11.6 Å². The zero-order valence-corrected chi connectivity index (χ0v) is 22.2. The van der Waals surface area contributed by atoms with E-state index >= 15 is 0 Å². The maximum Gasteiger partial charge on any atom is 0.275 e. The van der Waals surface area contributed by atoms with Crippen LogP contribution in [0.15, 0.2) is 48.5 Å². The molecule has 2 N–H and O–H groups in total. The number of terminal acetylenes is 2. The Balaban J connectivity index is 1.71. The summed E-state index contributed by atoms with van der Waals surface area (Å²) in [6, 6.07) is 12.9. The van der Waals surface area contributed by atoms with E-state index < -0.39 is 11.8 Å². The number of unbranched alkanes of at least 4 members (excludes halogenated alkanes) is 7. The third kappa shape index (κ3) is 9.60. The monoisotopic (exact) mass is 523 g/mol. The first-order valence-electron chi connectivity index (χ1n) is 13.2. The van der Waals surface area contributed by atoms with Gasteiger partial charge in [0.05, 0.1) is 6.61 Å². The number of carbonyl (C=O) groups excluding carboxylic acids is 2. The molecule has 0 fully saturated rings. The molecule has 0 aliphatic heterocycles. The average Bonchev–Trinajstić information content (AvgIpc) is 2.96. The maximum atomic E-state index is 13.0. The highest BCUT2D eigenvalue weighted by Gasteiger charge is 2.17. The van der Waals surface area contributed by atoms with Crippen LogP contribution in [0.5, 0.6) is 5.75 Å². The fourth-order valence-electron chi connectivity index (χ4n) is 3.78. The number of carbonyl (C=O) groups is 2. The van der Waals surface area contributed by atoms with Gasteiger partial charge in [-0.2, -0.15) is 0 Å². The SMILES string of the molecule is C#Cc1cccc(NC(=O)c2cc(OCCCCCCCCCC)cc(C(=O)Nc3cccc(C#C)n3)n2)n1. The summed E-state index contributed by atoms with van der Waals surface area (Å²) in [5, 5.41) is 5.33. The Hall–Kier alpha value is -4.69.